The molecular weight excluding hydrogens is 354 g/mol. The lowest BCUT2D eigenvalue weighted by molar-refractivity contribution is -0.139. The summed E-state index contributed by atoms with van der Waals surface area (Å²) in [6, 6.07) is 21.0. The van der Waals surface area contributed by atoms with Gasteiger partial charge >= 0.3 is 5.97 Å². The molecule has 144 valence electrons. The number of benzene rings is 3. The first-order valence-electron chi connectivity index (χ1n) is 9.19. The first-order valence-corrected chi connectivity index (χ1v) is 9.19. The molecule has 5 nitrogen and oxygen atoms in total. The quantitative estimate of drug-likeness (QED) is 0.584. The molecule has 5 heteroatoms. The van der Waals surface area contributed by atoms with Crippen molar-refractivity contribution in [1.82, 2.24) is 0 Å². The molecule has 0 radical (unpaired) electrons. The molecule has 1 amide bonds. The van der Waals surface area contributed by atoms with Crippen LogP contribution in [0.1, 0.15) is 12.5 Å². The van der Waals surface area contributed by atoms with Crippen LogP contribution in [0.3, 0.4) is 0 Å². The number of rotatable bonds is 7. The number of hydrogen-bond donors (Lipinski definition) is 0. The molecule has 0 saturated heterocycles. The van der Waals surface area contributed by atoms with Gasteiger partial charge < -0.3 is 14.4 Å². The fourth-order valence-electron chi connectivity index (χ4n) is 3.09. The molecule has 0 aliphatic heterocycles. The van der Waals surface area contributed by atoms with Crippen molar-refractivity contribution in [3.63, 3.8) is 0 Å². The number of hydrogen-bond acceptors (Lipinski definition) is 4. The minimum Gasteiger partial charge on any atom is -0.484 e. The zero-order valence-corrected chi connectivity index (χ0v) is 16.1. The number of likely N-dealkylation sites (N-methyl/N-ethyl adjacent to an activating group) is 1. The smallest absolute Gasteiger partial charge is 0.309 e. The third-order valence-corrected chi connectivity index (χ3v) is 4.54. The highest BCUT2D eigenvalue weighted by molar-refractivity contribution is 6.04. The number of amides is 1. The summed E-state index contributed by atoms with van der Waals surface area (Å²) in [5.41, 5.74) is 1.71. The van der Waals surface area contributed by atoms with Crippen LogP contribution in [-0.4, -0.2) is 32.1 Å². The topological polar surface area (TPSA) is 55.8 Å². The number of methoxy groups -OCH3 is 1. The van der Waals surface area contributed by atoms with Crippen molar-refractivity contribution in [3.05, 3.63) is 72.3 Å². The number of carbonyl (C=O) groups excluding carboxylic acids is 2. The second-order valence-corrected chi connectivity index (χ2v) is 6.32. The zero-order valence-electron chi connectivity index (χ0n) is 16.1. The second kappa shape index (κ2) is 9.04. The molecule has 0 saturated carbocycles. The van der Waals surface area contributed by atoms with E-state index < -0.39 is 0 Å². The van der Waals surface area contributed by atoms with E-state index in [0.29, 0.717) is 12.3 Å². The summed E-state index contributed by atoms with van der Waals surface area (Å²) >= 11 is 0. The van der Waals surface area contributed by atoms with Gasteiger partial charge in [0.15, 0.2) is 6.61 Å². The van der Waals surface area contributed by atoms with E-state index in [0.717, 1.165) is 22.0 Å². The van der Waals surface area contributed by atoms with Crippen LogP contribution >= 0.6 is 0 Å². The lowest BCUT2D eigenvalue weighted by Crippen LogP contribution is -2.34. The Bertz CT molecular complexity index is 961. The minimum atomic E-state index is -0.294. The predicted molar refractivity (Wildman–Crippen MR) is 110 cm³/mol. The van der Waals surface area contributed by atoms with E-state index in [9.17, 15) is 9.59 Å². The molecule has 0 N–H and O–H groups in total. The highest BCUT2D eigenvalue weighted by Crippen LogP contribution is 2.27. The minimum absolute atomic E-state index is 0.0621. The van der Waals surface area contributed by atoms with Gasteiger partial charge in [0.05, 0.1) is 19.2 Å². The maximum absolute atomic E-state index is 12.8. The molecule has 28 heavy (non-hydrogen) atoms. The summed E-state index contributed by atoms with van der Waals surface area (Å²) in [4.78, 5) is 25.8. The van der Waals surface area contributed by atoms with Crippen LogP contribution in [0.15, 0.2) is 66.7 Å². The van der Waals surface area contributed by atoms with Gasteiger partial charge in [0.2, 0.25) is 0 Å². The zero-order chi connectivity index (χ0) is 19.9. The molecule has 0 bridgehead atoms. The van der Waals surface area contributed by atoms with Crippen LogP contribution in [0.5, 0.6) is 5.75 Å². The van der Waals surface area contributed by atoms with Crippen LogP contribution in [0.2, 0.25) is 0 Å². The van der Waals surface area contributed by atoms with Gasteiger partial charge in [0, 0.05) is 11.9 Å². The molecule has 0 unspecified atom stereocenters. The Kier molecular flexibility index (Phi) is 6.27. The molecular formula is C23H23NO4. The molecule has 0 spiro atoms. The Hall–Kier alpha value is -3.34. The van der Waals surface area contributed by atoms with Gasteiger partial charge in [-0.05, 0) is 36.1 Å². The van der Waals surface area contributed by atoms with Crippen molar-refractivity contribution < 1.29 is 19.1 Å². The van der Waals surface area contributed by atoms with E-state index in [1.54, 1.807) is 29.2 Å². The van der Waals surface area contributed by atoms with Gasteiger partial charge in [-0.2, -0.15) is 0 Å². The Morgan fingerprint density at radius 1 is 0.929 bits per heavy atom. The molecule has 3 aromatic rings. The molecule has 0 heterocycles. The second-order valence-electron chi connectivity index (χ2n) is 6.32. The van der Waals surface area contributed by atoms with Crippen molar-refractivity contribution in [3.8, 4) is 5.75 Å². The van der Waals surface area contributed by atoms with Crippen LogP contribution in [0.25, 0.3) is 10.8 Å². The highest BCUT2D eigenvalue weighted by Gasteiger charge is 2.17. The summed E-state index contributed by atoms with van der Waals surface area (Å²) in [6.45, 7) is 2.43. The third kappa shape index (κ3) is 4.49. The van der Waals surface area contributed by atoms with Gasteiger partial charge in [0.1, 0.15) is 5.75 Å². The van der Waals surface area contributed by atoms with E-state index in [2.05, 4.69) is 4.74 Å². The van der Waals surface area contributed by atoms with Crippen molar-refractivity contribution in [2.45, 2.75) is 13.3 Å². The number of ether oxygens (including phenoxy) is 2. The van der Waals surface area contributed by atoms with Crippen LogP contribution < -0.4 is 9.64 Å². The first kappa shape index (κ1) is 19.4. The number of esters is 1. The Morgan fingerprint density at radius 3 is 2.36 bits per heavy atom. The number of nitrogens with zero attached hydrogens (tertiary/aromatic N) is 1. The average Bonchev–Trinajstić information content (AvgIpc) is 2.74. The van der Waals surface area contributed by atoms with Crippen molar-refractivity contribution in [2.24, 2.45) is 0 Å². The SMILES string of the molecule is CCN(C(=O)COc1ccc(CC(=O)OC)cc1)c1cccc2ccccc12. The van der Waals surface area contributed by atoms with E-state index in [1.807, 2.05) is 49.4 Å². The molecule has 3 aromatic carbocycles. The fraction of sp³-hybridized carbons (Fsp3) is 0.217. The van der Waals surface area contributed by atoms with Gasteiger partial charge in [0.25, 0.3) is 5.91 Å². The fourth-order valence-corrected chi connectivity index (χ4v) is 3.09. The number of fused-ring (bicyclic) bond motifs is 1. The normalized spacial score (nSPS) is 10.5. The summed E-state index contributed by atoms with van der Waals surface area (Å²) in [7, 11) is 1.36. The maximum Gasteiger partial charge on any atom is 0.309 e. The van der Waals surface area contributed by atoms with Crippen LogP contribution in [0.4, 0.5) is 5.69 Å². The Morgan fingerprint density at radius 2 is 1.64 bits per heavy atom. The molecule has 0 aliphatic carbocycles. The summed E-state index contributed by atoms with van der Waals surface area (Å²) < 4.78 is 10.3. The monoisotopic (exact) mass is 377 g/mol. The van der Waals surface area contributed by atoms with Crippen LogP contribution in [-0.2, 0) is 20.7 Å². The summed E-state index contributed by atoms with van der Waals surface area (Å²) in [5, 5.41) is 2.13. The third-order valence-electron chi connectivity index (χ3n) is 4.54. The first-order chi connectivity index (χ1) is 13.6. The molecule has 0 fully saturated rings. The summed E-state index contributed by atoms with van der Waals surface area (Å²) in [6.07, 6.45) is 0.209. The number of anilines is 1. The van der Waals surface area contributed by atoms with Gasteiger partial charge in [-0.15, -0.1) is 0 Å². The van der Waals surface area contributed by atoms with E-state index in [4.69, 9.17) is 4.74 Å². The van der Waals surface area contributed by atoms with E-state index in [-0.39, 0.29) is 24.9 Å². The van der Waals surface area contributed by atoms with Gasteiger partial charge in [-0.1, -0.05) is 48.5 Å². The van der Waals surface area contributed by atoms with Crippen molar-refractivity contribution in [1.29, 1.82) is 0 Å². The Balaban J connectivity index is 1.68. The number of carbonyl (C=O) groups is 2. The van der Waals surface area contributed by atoms with Gasteiger partial charge in [-0.25, -0.2) is 0 Å². The highest BCUT2D eigenvalue weighted by atomic mass is 16.5. The molecule has 0 aromatic heterocycles. The average molecular weight is 377 g/mol. The Labute approximate surface area is 164 Å². The lowest BCUT2D eigenvalue weighted by atomic mass is 10.1. The maximum atomic E-state index is 12.8. The van der Waals surface area contributed by atoms with Crippen molar-refractivity contribution in [2.75, 3.05) is 25.2 Å². The van der Waals surface area contributed by atoms with Gasteiger partial charge in [-0.3, -0.25) is 9.59 Å². The largest absolute Gasteiger partial charge is 0.484 e. The van der Waals surface area contributed by atoms with Crippen molar-refractivity contribution >= 4 is 28.3 Å². The molecule has 3 rings (SSSR count). The lowest BCUT2D eigenvalue weighted by Gasteiger charge is -2.23. The standard InChI is InChI=1S/C23H23NO4/c1-3-24(21-10-6-8-18-7-4-5-9-20(18)21)22(25)16-28-19-13-11-17(12-14-19)15-23(26)27-2/h4-14H,3,15-16H2,1-2H3. The molecule has 0 atom stereocenters. The van der Waals surface area contributed by atoms with E-state index >= 15 is 0 Å². The van der Waals surface area contributed by atoms with Crippen LogP contribution in [0, 0.1) is 0 Å². The predicted octanol–water partition coefficient (Wildman–Crippen LogP) is 3.99. The molecule has 0 aliphatic rings. The van der Waals surface area contributed by atoms with E-state index in [1.165, 1.54) is 7.11 Å². The summed E-state index contributed by atoms with van der Waals surface area (Å²) in [5.74, 6) is 0.172.